The Morgan fingerprint density at radius 1 is 1.21 bits per heavy atom. The molecular weight excluding hydrogens is 252 g/mol. The average Bonchev–Trinajstić information content (AvgIpc) is 2.70. The Hall–Kier alpha value is -1.54. The first-order valence-corrected chi connectivity index (χ1v) is 7.27. The Bertz CT molecular complexity index is 572. The van der Waals surface area contributed by atoms with Gasteiger partial charge < -0.3 is 4.74 Å². The predicted molar refractivity (Wildman–Crippen MR) is 84.2 cm³/mol. The van der Waals surface area contributed by atoms with Crippen molar-refractivity contribution in [2.24, 2.45) is 0 Å². The first-order valence-electron chi connectivity index (χ1n) is 6.45. The second kappa shape index (κ2) is 6.07. The van der Waals surface area contributed by atoms with Gasteiger partial charge in [-0.1, -0.05) is 23.8 Å². The molecule has 1 aromatic carbocycles. The van der Waals surface area contributed by atoms with Crippen LogP contribution in [0.15, 0.2) is 35.9 Å². The van der Waals surface area contributed by atoms with Crippen molar-refractivity contribution in [1.29, 1.82) is 0 Å². The number of allylic oxidation sites excluding steroid dienone is 1. The number of rotatable bonds is 4. The van der Waals surface area contributed by atoms with Gasteiger partial charge in [-0.05, 0) is 50.1 Å². The molecule has 0 saturated carbocycles. The molecule has 2 rings (SSSR count). The molecule has 1 nitrogen and oxygen atoms in total. The Morgan fingerprint density at radius 3 is 2.47 bits per heavy atom. The highest BCUT2D eigenvalue weighted by Gasteiger charge is 2.04. The van der Waals surface area contributed by atoms with Crippen molar-refractivity contribution in [1.82, 2.24) is 0 Å². The Morgan fingerprint density at radius 2 is 1.89 bits per heavy atom. The van der Waals surface area contributed by atoms with Gasteiger partial charge in [-0.3, -0.25) is 0 Å². The van der Waals surface area contributed by atoms with Crippen molar-refractivity contribution in [2.45, 2.75) is 27.2 Å². The van der Waals surface area contributed by atoms with E-state index >= 15 is 0 Å². The fraction of sp³-hybridized carbons (Fsp3) is 0.294. The van der Waals surface area contributed by atoms with E-state index in [1.807, 2.05) is 23.5 Å². The summed E-state index contributed by atoms with van der Waals surface area (Å²) in [5.74, 6) is 0.913. The van der Waals surface area contributed by atoms with Crippen LogP contribution in [0.1, 0.15) is 34.7 Å². The Kier molecular flexibility index (Phi) is 4.43. The van der Waals surface area contributed by atoms with Gasteiger partial charge in [0, 0.05) is 16.2 Å². The van der Waals surface area contributed by atoms with Gasteiger partial charge in [-0.25, -0.2) is 0 Å². The van der Waals surface area contributed by atoms with Crippen LogP contribution >= 0.6 is 11.3 Å². The average molecular weight is 272 g/mol. The van der Waals surface area contributed by atoms with E-state index in [2.05, 4.69) is 45.0 Å². The van der Waals surface area contributed by atoms with Gasteiger partial charge in [0.15, 0.2) is 0 Å². The van der Waals surface area contributed by atoms with Crippen molar-refractivity contribution in [3.8, 4) is 5.75 Å². The number of benzene rings is 1. The molecule has 0 fully saturated rings. The van der Waals surface area contributed by atoms with Crippen LogP contribution in [0.5, 0.6) is 5.75 Å². The molecule has 0 aliphatic carbocycles. The number of methoxy groups -OCH3 is 1. The predicted octanol–water partition coefficient (Wildman–Crippen LogP) is 5.08. The van der Waals surface area contributed by atoms with E-state index in [0.717, 1.165) is 12.2 Å². The van der Waals surface area contributed by atoms with Crippen LogP contribution in [0.3, 0.4) is 0 Å². The summed E-state index contributed by atoms with van der Waals surface area (Å²) in [5, 5.41) is 0. The fourth-order valence-electron chi connectivity index (χ4n) is 2.05. The second-order valence-corrected chi connectivity index (χ2v) is 6.31. The van der Waals surface area contributed by atoms with E-state index in [0.29, 0.717) is 0 Å². The van der Waals surface area contributed by atoms with Crippen LogP contribution in [-0.4, -0.2) is 7.11 Å². The summed E-state index contributed by atoms with van der Waals surface area (Å²) in [5.41, 5.74) is 4.02. The van der Waals surface area contributed by atoms with Crippen LogP contribution in [0.25, 0.3) is 6.08 Å². The normalized spacial score (nSPS) is 10.3. The molecule has 0 atom stereocenters. The number of hydrogen-bond donors (Lipinski definition) is 0. The molecule has 0 N–H and O–H groups in total. The first kappa shape index (κ1) is 13.9. The summed E-state index contributed by atoms with van der Waals surface area (Å²) in [6.07, 6.45) is 3.25. The Balaban J connectivity index is 2.16. The summed E-state index contributed by atoms with van der Waals surface area (Å²) >= 11 is 1.89. The van der Waals surface area contributed by atoms with Crippen LogP contribution < -0.4 is 4.74 Å². The van der Waals surface area contributed by atoms with E-state index in [-0.39, 0.29) is 0 Å². The van der Waals surface area contributed by atoms with Gasteiger partial charge in [0.25, 0.3) is 0 Å². The van der Waals surface area contributed by atoms with Gasteiger partial charge in [0.2, 0.25) is 0 Å². The van der Waals surface area contributed by atoms with Crippen molar-refractivity contribution in [3.05, 3.63) is 56.8 Å². The third-order valence-corrected chi connectivity index (χ3v) is 4.06. The molecule has 0 radical (unpaired) electrons. The molecule has 0 saturated heterocycles. The highest BCUT2D eigenvalue weighted by Crippen LogP contribution is 2.26. The summed E-state index contributed by atoms with van der Waals surface area (Å²) in [7, 11) is 1.70. The van der Waals surface area contributed by atoms with Crippen molar-refractivity contribution in [3.63, 3.8) is 0 Å². The number of aryl methyl sites for hydroxylation is 1. The highest BCUT2D eigenvalue weighted by atomic mass is 32.1. The molecule has 0 unspecified atom stereocenters. The molecule has 0 amide bonds. The molecule has 19 heavy (non-hydrogen) atoms. The van der Waals surface area contributed by atoms with Crippen LogP contribution in [0.2, 0.25) is 0 Å². The lowest BCUT2D eigenvalue weighted by molar-refractivity contribution is 0.414. The molecule has 2 aromatic rings. The molecular formula is C17H20OS. The maximum absolute atomic E-state index is 5.18. The largest absolute Gasteiger partial charge is 0.497 e. The lowest BCUT2D eigenvalue weighted by Crippen LogP contribution is -1.86. The van der Waals surface area contributed by atoms with E-state index in [1.54, 1.807) is 7.11 Å². The van der Waals surface area contributed by atoms with E-state index in [9.17, 15) is 0 Å². The Labute approximate surface area is 119 Å². The topological polar surface area (TPSA) is 9.23 Å². The summed E-state index contributed by atoms with van der Waals surface area (Å²) in [6.45, 7) is 6.47. The van der Waals surface area contributed by atoms with Crippen LogP contribution in [0, 0.1) is 6.92 Å². The fourth-order valence-corrected chi connectivity index (χ4v) is 3.10. The molecule has 1 heterocycles. The quantitative estimate of drug-likeness (QED) is 0.754. The van der Waals surface area contributed by atoms with Gasteiger partial charge in [-0.15, -0.1) is 11.3 Å². The molecule has 100 valence electrons. The molecule has 0 bridgehead atoms. The van der Waals surface area contributed by atoms with Gasteiger partial charge >= 0.3 is 0 Å². The van der Waals surface area contributed by atoms with Gasteiger partial charge in [0.05, 0.1) is 7.11 Å². The number of hydrogen-bond acceptors (Lipinski definition) is 2. The zero-order valence-corrected chi connectivity index (χ0v) is 12.8. The maximum Gasteiger partial charge on any atom is 0.118 e. The minimum atomic E-state index is 0.913. The molecule has 0 aliphatic heterocycles. The summed E-state index contributed by atoms with van der Waals surface area (Å²) in [6, 6.07) is 10.6. The van der Waals surface area contributed by atoms with E-state index in [1.165, 1.54) is 26.5 Å². The first-order chi connectivity index (χ1) is 9.08. The smallest absolute Gasteiger partial charge is 0.118 e. The van der Waals surface area contributed by atoms with Crippen molar-refractivity contribution >= 4 is 17.4 Å². The van der Waals surface area contributed by atoms with E-state index < -0.39 is 0 Å². The molecule has 2 heteroatoms. The number of thiophene rings is 1. The standard InChI is InChI=1S/C17H20OS/c1-12(2)9-15-11-17(19-13(15)3)10-14-5-7-16(18-4)8-6-14/h5-9,11H,10H2,1-4H3. The maximum atomic E-state index is 5.18. The third kappa shape index (κ3) is 3.71. The van der Waals surface area contributed by atoms with Crippen molar-refractivity contribution < 1.29 is 4.74 Å². The molecule has 0 spiro atoms. The summed E-state index contributed by atoms with van der Waals surface area (Å²) in [4.78, 5) is 2.81. The lowest BCUT2D eigenvalue weighted by atomic mass is 10.1. The van der Waals surface area contributed by atoms with Crippen LogP contribution in [-0.2, 0) is 6.42 Å². The minimum absolute atomic E-state index is 0.913. The SMILES string of the molecule is COc1ccc(Cc2cc(C=C(C)C)c(C)s2)cc1. The lowest BCUT2D eigenvalue weighted by Gasteiger charge is -2.01. The van der Waals surface area contributed by atoms with Gasteiger partial charge in [0.1, 0.15) is 5.75 Å². The zero-order valence-electron chi connectivity index (χ0n) is 12.0. The van der Waals surface area contributed by atoms with Crippen molar-refractivity contribution in [2.75, 3.05) is 7.11 Å². The highest BCUT2D eigenvalue weighted by molar-refractivity contribution is 7.12. The third-order valence-electron chi connectivity index (χ3n) is 2.99. The number of ether oxygens (including phenoxy) is 1. The van der Waals surface area contributed by atoms with E-state index in [4.69, 9.17) is 4.74 Å². The minimum Gasteiger partial charge on any atom is -0.497 e. The molecule has 0 aliphatic rings. The summed E-state index contributed by atoms with van der Waals surface area (Å²) < 4.78 is 5.18. The van der Waals surface area contributed by atoms with Gasteiger partial charge in [-0.2, -0.15) is 0 Å². The molecule has 1 aromatic heterocycles. The monoisotopic (exact) mass is 272 g/mol. The second-order valence-electron chi connectivity index (χ2n) is 4.97. The zero-order chi connectivity index (χ0) is 13.8. The van der Waals surface area contributed by atoms with Crippen LogP contribution in [0.4, 0.5) is 0 Å².